The maximum atomic E-state index is 10.5. The monoisotopic (exact) mass is 370 g/mol. The maximum Gasteiger partial charge on any atom is 0.303 e. The standard InChI is InChI=1S/C20H34O6/c1-2-3-4-5-6-7-9-15(21)12-13-16(22)19-14-17(23)18(26-19)10-8-11-20(24)25/h6-7,12-13,15-19,21-23H,2-5,8-11,14H2,1H3,(H,24,25)/b7-6-,13-12-/t15-,16-,17-,18-,19+/m1/s1. The maximum absolute atomic E-state index is 10.5. The molecule has 1 aliphatic heterocycles. The SMILES string of the molecule is CCCCC/C=C\C[C@@H](O)/C=C\[C@@H](O)[C@@H]1C[C@@H](O)[C@@H](CCCC(=O)O)O1. The molecule has 0 amide bonds. The Morgan fingerprint density at radius 1 is 1.19 bits per heavy atom. The Labute approximate surface area is 156 Å². The summed E-state index contributed by atoms with van der Waals surface area (Å²) in [5.41, 5.74) is 0. The van der Waals surface area contributed by atoms with Crippen LogP contribution in [0.4, 0.5) is 0 Å². The van der Waals surface area contributed by atoms with E-state index in [1.807, 2.05) is 6.08 Å². The van der Waals surface area contributed by atoms with E-state index in [1.54, 1.807) is 6.08 Å². The molecular weight excluding hydrogens is 336 g/mol. The van der Waals surface area contributed by atoms with Gasteiger partial charge in [-0.25, -0.2) is 0 Å². The lowest BCUT2D eigenvalue weighted by atomic mass is 10.0. The van der Waals surface area contributed by atoms with E-state index in [0.717, 1.165) is 12.8 Å². The molecule has 1 aliphatic rings. The molecule has 1 rings (SSSR count). The van der Waals surface area contributed by atoms with Gasteiger partial charge in [-0.05, 0) is 32.1 Å². The highest BCUT2D eigenvalue weighted by atomic mass is 16.5. The minimum Gasteiger partial charge on any atom is -0.481 e. The summed E-state index contributed by atoms with van der Waals surface area (Å²) in [6.45, 7) is 2.16. The Hall–Kier alpha value is -1.21. The number of carboxylic acids is 1. The van der Waals surface area contributed by atoms with Gasteiger partial charge >= 0.3 is 5.97 Å². The predicted octanol–water partition coefficient (Wildman–Crippen LogP) is 2.56. The predicted molar refractivity (Wildman–Crippen MR) is 99.8 cm³/mol. The second-order valence-electron chi connectivity index (χ2n) is 6.95. The number of aliphatic carboxylic acids is 1. The second-order valence-corrected chi connectivity index (χ2v) is 6.95. The summed E-state index contributed by atoms with van der Waals surface area (Å²) in [6, 6.07) is 0. The molecule has 0 radical (unpaired) electrons. The first-order valence-electron chi connectivity index (χ1n) is 9.68. The van der Waals surface area contributed by atoms with Crippen LogP contribution in [0.15, 0.2) is 24.3 Å². The highest BCUT2D eigenvalue weighted by Gasteiger charge is 2.36. The lowest BCUT2D eigenvalue weighted by Gasteiger charge is -2.17. The molecule has 4 N–H and O–H groups in total. The van der Waals surface area contributed by atoms with Gasteiger partial charge in [-0.3, -0.25) is 4.79 Å². The van der Waals surface area contributed by atoms with Crippen LogP contribution in [-0.2, 0) is 9.53 Å². The molecule has 0 aromatic carbocycles. The third-order valence-corrected chi connectivity index (χ3v) is 4.56. The lowest BCUT2D eigenvalue weighted by Crippen LogP contribution is -2.25. The Kier molecular flexibility index (Phi) is 11.4. The number of aliphatic hydroxyl groups is 3. The number of carbonyl (C=O) groups is 1. The van der Waals surface area contributed by atoms with Crippen molar-refractivity contribution in [2.24, 2.45) is 0 Å². The Balaban J connectivity index is 2.29. The summed E-state index contributed by atoms with van der Waals surface area (Å²) < 4.78 is 5.65. The molecule has 0 spiro atoms. The van der Waals surface area contributed by atoms with E-state index in [4.69, 9.17) is 9.84 Å². The summed E-state index contributed by atoms with van der Waals surface area (Å²) in [5.74, 6) is -0.870. The van der Waals surface area contributed by atoms with Crippen molar-refractivity contribution in [2.45, 2.75) is 95.2 Å². The average Bonchev–Trinajstić information content (AvgIpc) is 2.96. The van der Waals surface area contributed by atoms with Gasteiger partial charge in [-0.1, -0.05) is 44.1 Å². The summed E-state index contributed by atoms with van der Waals surface area (Å²) in [6.07, 6.45) is 10.1. The first-order chi connectivity index (χ1) is 12.4. The molecular formula is C20H34O6. The van der Waals surface area contributed by atoms with Gasteiger partial charge in [0.25, 0.3) is 0 Å². The van der Waals surface area contributed by atoms with Crippen LogP contribution < -0.4 is 0 Å². The lowest BCUT2D eigenvalue weighted by molar-refractivity contribution is -0.137. The quantitative estimate of drug-likeness (QED) is 0.293. The molecule has 5 atom stereocenters. The minimum absolute atomic E-state index is 0.0395. The smallest absolute Gasteiger partial charge is 0.303 e. The van der Waals surface area contributed by atoms with Gasteiger partial charge in [0.1, 0.15) is 0 Å². The third kappa shape index (κ3) is 9.48. The zero-order chi connectivity index (χ0) is 19.4. The van der Waals surface area contributed by atoms with Crippen molar-refractivity contribution in [2.75, 3.05) is 0 Å². The van der Waals surface area contributed by atoms with E-state index < -0.39 is 36.5 Å². The molecule has 1 heterocycles. The molecule has 0 bridgehead atoms. The van der Waals surface area contributed by atoms with Gasteiger partial charge in [0.15, 0.2) is 0 Å². The fourth-order valence-corrected chi connectivity index (χ4v) is 3.01. The van der Waals surface area contributed by atoms with Crippen molar-refractivity contribution in [1.29, 1.82) is 0 Å². The number of unbranched alkanes of at least 4 members (excludes halogenated alkanes) is 3. The van der Waals surface area contributed by atoms with Gasteiger partial charge < -0.3 is 25.2 Å². The number of carboxylic acid groups (broad SMARTS) is 1. The molecule has 0 aromatic rings. The van der Waals surface area contributed by atoms with Gasteiger partial charge in [-0.15, -0.1) is 0 Å². The Morgan fingerprint density at radius 2 is 1.96 bits per heavy atom. The van der Waals surface area contributed by atoms with E-state index in [-0.39, 0.29) is 6.42 Å². The zero-order valence-electron chi connectivity index (χ0n) is 15.7. The summed E-state index contributed by atoms with van der Waals surface area (Å²) >= 11 is 0. The van der Waals surface area contributed by atoms with Crippen molar-refractivity contribution in [3.63, 3.8) is 0 Å². The van der Waals surface area contributed by atoms with Crippen LogP contribution in [-0.4, -0.2) is 56.9 Å². The molecule has 1 saturated heterocycles. The molecule has 6 nitrogen and oxygen atoms in total. The molecule has 1 fully saturated rings. The van der Waals surface area contributed by atoms with E-state index in [2.05, 4.69) is 13.0 Å². The minimum atomic E-state index is -0.905. The third-order valence-electron chi connectivity index (χ3n) is 4.56. The van der Waals surface area contributed by atoms with Gasteiger partial charge in [0.05, 0.1) is 30.5 Å². The van der Waals surface area contributed by atoms with Crippen molar-refractivity contribution in [1.82, 2.24) is 0 Å². The van der Waals surface area contributed by atoms with Crippen molar-refractivity contribution in [3.05, 3.63) is 24.3 Å². The van der Waals surface area contributed by atoms with Crippen LogP contribution in [0.2, 0.25) is 0 Å². The molecule has 0 aromatic heterocycles. The van der Waals surface area contributed by atoms with E-state index in [0.29, 0.717) is 25.7 Å². The van der Waals surface area contributed by atoms with Crippen LogP contribution in [0, 0.1) is 0 Å². The average molecular weight is 370 g/mol. The van der Waals surface area contributed by atoms with Crippen LogP contribution in [0.5, 0.6) is 0 Å². The van der Waals surface area contributed by atoms with E-state index in [1.165, 1.54) is 18.9 Å². The second kappa shape index (κ2) is 13.0. The van der Waals surface area contributed by atoms with Crippen LogP contribution in [0.1, 0.15) is 64.7 Å². The van der Waals surface area contributed by atoms with Gasteiger partial charge in [0, 0.05) is 12.8 Å². The van der Waals surface area contributed by atoms with Crippen molar-refractivity contribution >= 4 is 5.97 Å². The highest BCUT2D eigenvalue weighted by molar-refractivity contribution is 5.66. The fourth-order valence-electron chi connectivity index (χ4n) is 3.01. The Bertz CT molecular complexity index is 448. The number of hydrogen-bond donors (Lipinski definition) is 4. The van der Waals surface area contributed by atoms with E-state index in [9.17, 15) is 20.1 Å². The number of ether oxygens (including phenoxy) is 1. The van der Waals surface area contributed by atoms with Crippen LogP contribution in [0.25, 0.3) is 0 Å². The summed E-state index contributed by atoms with van der Waals surface area (Å²) in [4.78, 5) is 10.5. The largest absolute Gasteiger partial charge is 0.481 e. The topological polar surface area (TPSA) is 107 Å². The molecule has 150 valence electrons. The first kappa shape index (κ1) is 22.8. The normalized spacial score (nSPS) is 25.9. The van der Waals surface area contributed by atoms with Crippen LogP contribution >= 0.6 is 0 Å². The van der Waals surface area contributed by atoms with E-state index >= 15 is 0 Å². The number of allylic oxidation sites excluding steroid dienone is 1. The summed E-state index contributed by atoms with van der Waals surface area (Å²) in [7, 11) is 0. The first-order valence-corrected chi connectivity index (χ1v) is 9.68. The molecule has 26 heavy (non-hydrogen) atoms. The zero-order valence-corrected chi connectivity index (χ0v) is 15.7. The van der Waals surface area contributed by atoms with Crippen LogP contribution in [0.3, 0.4) is 0 Å². The number of rotatable bonds is 13. The number of hydrogen-bond acceptors (Lipinski definition) is 5. The number of aliphatic hydroxyl groups excluding tert-OH is 3. The molecule has 6 heteroatoms. The van der Waals surface area contributed by atoms with Crippen molar-refractivity contribution in [3.8, 4) is 0 Å². The van der Waals surface area contributed by atoms with Crippen molar-refractivity contribution < 1.29 is 30.0 Å². The fraction of sp³-hybridized carbons (Fsp3) is 0.750. The molecule has 0 saturated carbocycles. The Morgan fingerprint density at radius 3 is 2.65 bits per heavy atom. The molecule has 0 unspecified atom stereocenters. The van der Waals surface area contributed by atoms with Gasteiger partial charge in [-0.2, -0.15) is 0 Å². The summed E-state index contributed by atoms with van der Waals surface area (Å²) in [5, 5.41) is 38.7. The highest BCUT2D eigenvalue weighted by Crippen LogP contribution is 2.27. The van der Waals surface area contributed by atoms with Gasteiger partial charge in [0.2, 0.25) is 0 Å². The molecule has 0 aliphatic carbocycles.